The number of pyridine rings is 1. The smallest absolute Gasteiger partial charge is 0.295 e. The first-order valence-electron chi connectivity index (χ1n) is 11.1. The number of Topliss-reactive ketones (excluding diaryl/α,β-unsaturated/α-hetero) is 1. The summed E-state index contributed by atoms with van der Waals surface area (Å²) < 4.78 is 5.88. The number of ether oxygens (including phenoxy) is 1. The van der Waals surface area contributed by atoms with Crippen LogP contribution in [0.4, 0.5) is 0 Å². The summed E-state index contributed by atoms with van der Waals surface area (Å²) in [5.74, 6) is -0.844. The zero-order valence-corrected chi connectivity index (χ0v) is 19.2. The van der Waals surface area contributed by atoms with Gasteiger partial charge in [0.15, 0.2) is 0 Å². The number of nitrogens with zero attached hydrogens (tertiary/aromatic N) is 3. The van der Waals surface area contributed by atoms with E-state index in [4.69, 9.17) is 4.74 Å². The molecule has 1 atom stereocenters. The molecular formula is C27H27N3O4. The number of carbonyl (C=O) groups excluding carboxylic acids is 2. The number of carbonyl (C=O) groups is 2. The lowest BCUT2D eigenvalue weighted by molar-refractivity contribution is -0.140. The van der Waals surface area contributed by atoms with Crippen LogP contribution in [0.25, 0.3) is 5.76 Å². The third-order valence-electron chi connectivity index (χ3n) is 5.73. The molecule has 1 saturated heterocycles. The van der Waals surface area contributed by atoms with Gasteiger partial charge in [0, 0.05) is 31.0 Å². The molecule has 1 fully saturated rings. The predicted molar refractivity (Wildman–Crippen MR) is 129 cm³/mol. The van der Waals surface area contributed by atoms with E-state index >= 15 is 0 Å². The number of aliphatic hydroxyl groups is 1. The average molecular weight is 458 g/mol. The van der Waals surface area contributed by atoms with Crippen LogP contribution in [0.5, 0.6) is 5.75 Å². The summed E-state index contributed by atoms with van der Waals surface area (Å²) in [7, 11) is 3.81. The summed E-state index contributed by atoms with van der Waals surface area (Å²) in [6.45, 7) is 1.36. The molecule has 3 aromatic rings. The Balaban J connectivity index is 1.66. The molecule has 0 radical (unpaired) electrons. The first kappa shape index (κ1) is 23.2. The standard InChI is InChI=1S/C27H27N3O4/c1-29(2)16-17-30-24(23(26(32)27(30)33)25(31)21-12-14-28-15-13-21)20-8-10-22(11-9-20)34-18-19-6-4-3-5-7-19/h3-15,24,31H,16-18H2,1-2H3/b25-23+. The molecule has 34 heavy (non-hydrogen) atoms. The topological polar surface area (TPSA) is 83.0 Å². The van der Waals surface area contributed by atoms with Crippen LogP contribution in [0.15, 0.2) is 84.7 Å². The van der Waals surface area contributed by atoms with E-state index in [-0.39, 0.29) is 11.3 Å². The van der Waals surface area contributed by atoms with Crippen molar-refractivity contribution >= 4 is 17.4 Å². The first-order chi connectivity index (χ1) is 16.5. The molecule has 1 unspecified atom stereocenters. The lowest BCUT2D eigenvalue weighted by atomic mass is 9.95. The number of rotatable bonds is 8. The van der Waals surface area contributed by atoms with Crippen LogP contribution >= 0.6 is 0 Å². The van der Waals surface area contributed by atoms with E-state index in [1.165, 1.54) is 17.3 Å². The second-order valence-corrected chi connectivity index (χ2v) is 8.37. The van der Waals surface area contributed by atoms with Gasteiger partial charge in [0.25, 0.3) is 11.7 Å². The summed E-state index contributed by atoms with van der Waals surface area (Å²) in [6.07, 6.45) is 3.07. The summed E-state index contributed by atoms with van der Waals surface area (Å²) in [4.78, 5) is 33.4. The van der Waals surface area contributed by atoms with Gasteiger partial charge in [0.05, 0.1) is 11.6 Å². The number of aliphatic hydroxyl groups excluding tert-OH is 1. The molecule has 1 aromatic heterocycles. The third kappa shape index (κ3) is 5.00. The molecule has 4 rings (SSSR count). The lowest BCUT2D eigenvalue weighted by Gasteiger charge is -2.26. The molecule has 2 heterocycles. The van der Waals surface area contributed by atoms with Crippen molar-refractivity contribution in [3.05, 3.63) is 101 Å². The number of benzene rings is 2. The average Bonchev–Trinajstić information content (AvgIpc) is 3.12. The van der Waals surface area contributed by atoms with Crippen LogP contribution in [-0.2, 0) is 16.2 Å². The Kier molecular flexibility index (Phi) is 7.04. The van der Waals surface area contributed by atoms with E-state index in [0.29, 0.717) is 31.0 Å². The maximum absolute atomic E-state index is 13.0. The number of amides is 1. The highest BCUT2D eigenvalue weighted by molar-refractivity contribution is 6.46. The van der Waals surface area contributed by atoms with Gasteiger partial charge in [0.1, 0.15) is 18.1 Å². The summed E-state index contributed by atoms with van der Waals surface area (Å²) in [5.41, 5.74) is 2.29. The van der Waals surface area contributed by atoms with Crippen molar-refractivity contribution in [1.29, 1.82) is 0 Å². The number of hydrogen-bond donors (Lipinski definition) is 1. The number of hydrogen-bond acceptors (Lipinski definition) is 6. The molecule has 174 valence electrons. The van der Waals surface area contributed by atoms with E-state index < -0.39 is 17.7 Å². The minimum absolute atomic E-state index is 0.0768. The molecule has 0 bridgehead atoms. The van der Waals surface area contributed by atoms with Crippen molar-refractivity contribution < 1.29 is 19.4 Å². The molecule has 7 nitrogen and oxygen atoms in total. The van der Waals surface area contributed by atoms with Crippen molar-refractivity contribution in [1.82, 2.24) is 14.8 Å². The highest BCUT2D eigenvalue weighted by atomic mass is 16.5. The molecule has 2 aromatic carbocycles. The van der Waals surface area contributed by atoms with Gasteiger partial charge in [-0.25, -0.2) is 0 Å². The van der Waals surface area contributed by atoms with Gasteiger partial charge in [-0.2, -0.15) is 0 Å². The van der Waals surface area contributed by atoms with E-state index in [0.717, 1.165) is 11.1 Å². The highest BCUT2D eigenvalue weighted by Crippen LogP contribution is 2.39. The Hall–Kier alpha value is -3.97. The molecular weight excluding hydrogens is 430 g/mol. The van der Waals surface area contributed by atoms with Crippen LogP contribution < -0.4 is 4.74 Å². The maximum Gasteiger partial charge on any atom is 0.295 e. The summed E-state index contributed by atoms with van der Waals surface area (Å²) in [5, 5.41) is 11.0. The van der Waals surface area contributed by atoms with E-state index in [2.05, 4.69) is 4.98 Å². The van der Waals surface area contributed by atoms with Crippen molar-refractivity contribution in [2.45, 2.75) is 12.6 Å². The van der Waals surface area contributed by atoms with Gasteiger partial charge < -0.3 is 19.6 Å². The van der Waals surface area contributed by atoms with Crippen molar-refractivity contribution in [3.8, 4) is 5.75 Å². The monoisotopic (exact) mass is 457 g/mol. The third-order valence-corrected chi connectivity index (χ3v) is 5.73. The largest absolute Gasteiger partial charge is 0.507 e. The van der Waals surface area contributed by atoms with Gasteiger partial charge >= 0.3 is 0 Å². The molecule has 1 amide bonds. The molecule has 1 aliphatic rings. The second-order valence-electron chi connectivity index (χ2n) is 8.37. The van der Waals surface area contributed by atoms with Crippen LogP contribution in [0.1, 0.15) is 22.7 Å². The molecule has 0 spiro atoms. The predicted octanol–water partition coefficient (Wildman–Crippen LogP) is 3.64. The SMILES string of the molecule is CN(C)CCN1C(=O)C(=O)/C(=C(/O)c2ccncc2)C1c1ccc(OCc2ccccc2)cc1. The molecule has 1 N–H and O–H groups in total. The van der Waals surface area contributed by atoms with E-state index in [1.54, 1.807) is 12.1 Å². The Morgan fingerprint density at radius 3 is 2.32 bits per heavy atom. The Morgan fingerprint density at radius 1 is 1.00 bits per heavy atom. The Labute approximate surface area is 198 Å². The Morgan fingerprint density at radius 2 is 1.68 bits per heavy atom. The first-order valence-corrected chi connectivity index (χ1v) is 11.1. The zero-order chi connectivity index (χ0) is 24.1. The van der Waals surface area contributed by atoms with Gasteiger partial charge in [0.2, 0.25) is 0 Å². The normalized spacial score (nSPS) is 17.4. The fourth-order valence-electron chi connectivity index (χ4n) is 3.92. The number of likely N-dealkylation sites (N-methyl/N-ethyl adjacent to an activating group) is 1. The van der Waals surface area contributed by atoms with Gasteiger partial charge in [-0.3, -0.25) is 14.6 Å². The minimum Gasteiger partial charge on any atom is -0.507 e. The number of aromatic nitrogens is 1. The molecule has 1 aliphatic heterocycles. The van der Waals surface area contributed by atoms with Crippen LogP contribution in [0, 0.1) is 0 Å². The van der Waals surface area contributed by atoms with E-state index in [9.17, 15) is 14.7 Å². The van der Waals surface area contributed by atoms with Crippen molar-refractivity contribution in [3.63, 3.8) is 0 Å². The fraction of sp³-hybridized carbons (Fsp3) is 0.222. The van der Waals surface area contributed by atoms with E-state index in [1.807, 2.05) is 73.6 Å². The fourth-order valence-corrected chi connectivity index (χ4v) is 3.92. The molecule has 0 aliphatic carbocycles. The number of likely N-dealkylation sites (tertiary alicyclic amines) is 1. The van der Waals surface area contributed by atoms with Crippen LogP contribution in [0.3, 0.4) is 0 Å². The quantitative estimate of drug-likeness (QED) is 0.316. The molecule has 0 saturated carbocycles. The maximum atomic E-state index is 13.0. The lowest BCUT2D eigenvalue weighted by Crippen LogP contribution is -2.35. The van der Waals surface area contributed by atoms with Crippen LogP contribution in [-0.4, -0.2) is 58.8 Å². The second kappa shape index (κ2) is 10.3. The summed E-state index contributed by atoms with van der Waals surface area (Å²) in [6, 6.07) is 19.7. The minimum atomic E-state index is -0.698. The van der Waals surface area contributed by atoms with Crippen molar-refractivity contribution in [2.24, 2.45) is 0 Å². The van der Waals surface area contributed by atoms with Gasteiger partial charge in [-0.15, -0.1) is 0 Å². The van der Waals surface area contributed by atoms with Gasteiger partial charge in [-0.05, 0) is 49.5 Å². The zero-order valence-electron chi connectivity index (χ0n) is 19.2. The summed E-state index contributed by atoms with van der Waals surface area (Å²) >= 11 is 0. The van der Waals surface area contributed by atoms with Crippen LogP contribution in [0.2, 0.25) is 0 Å². The molecule has 7 heteroatoms. The number of ketones is 1. The Bertz CT molecular complexity index is 1180. The highest BCUT2D eigenvalue weighted by Gasteiger charge is 2.45. The van der Waals surface area contributed by atoms with Crippen molar-refractivity contribution in [2.75, 3.05) is 27.2 Å². The van der Waals surface area contributed by atoms with Gasteiger partial charge in [-0.1, -0.05) is 42.5 Å².